The molecule has 112 valence electrons. The van der Waals surface area contributed by atoms with E-state index in [4.69, 9.17) is 9.31 Å². The average molecular weight is 284 g/mol. The molecule has 0 aromatic heterocycles. The number of hydrogen-bond donors (Lipinski definition) is 0. The van der Waals surface area contributed by atoms with Gasteiger partial charge >= 0.3 is 7.12 Å². The fraction of sp³-hybridized carbons (Fsp3) is 0.556. The molecule has 1 saturated carbocycles. The van der Waals surface area contributed by atoms with Crippen molar-refractivity contribution in [2.24, 2.45) is 5.92 Å². The molecule has 1 aliphatic heterocycles. The van der Waals surface area contributed by atoms with Crippen molar-refractivity contribution in [3.05, 3.63) is 42.5 Å². The van der Waals surface area contributed by atoms with Gasteiger partial charge in [-0.3, -0.25) is 0 Å². The van der Waals surface area contributed by atoms with Crippen molar-refractivity contribution in [2.45, 2.75) is 57.7 Å². The first-order chi connectivity index (χ1) is 9.82. The van der Waals surface area contributed by atoms with E-state index in [1.54, 1.807) is 0 Å². The minimum absolute atomic E-state index is 0.258. The lowest BCUT2D eigenvalue weighted by atomic mass is 9.70. The summed E-state index contributed by atoms with van der Waals surface area (Å²) in [5.74, 6) is 1.40. The number of rotatable bonds is 3. The summed E-state index contributed by atoms with van der Waals surface area (Å²) in [4.78, 5) is 0. The van der Waals surface area contributed by atoms with E-state index in [0.29, 0.717) is 11.8 Å². The topological polar surface area (TPSA) is 18.5 Å². The summed E-state index contributed by atoms with van der Waals surface area (Å²) in [6.07, 6.45) is 4.55. The van der Waals surface area contributed by atoms with Gasteiger partial charge in [0.2, 0.25) is 0 Å². The van der Waals surface area contributed by atoms with Gasteiger partial charge in [-0.2, -0.15) is 0 Å². The Morgan fingerprint density at radius 1 is 1.05 bits per heavy atom. The molecule has 1 aromatic rings. The van der Waals surface area contributed by atoms with E-state index >= 15 is 0 Å². The zero-order valence-corrected chi connectivity index (χ0v) is 13.6. The van der Waals surface area contributed by atoms with E-state index in [1.807, 2.05) is 0 Å². The highest BCUT2D eigenvalue weighted by atomic mass is 16.7. The van der Waals surface area contributed by atoms with Crippen LogP contribution in [0.3, 0.4) is 0 Å². The molecule has 2 nitrogen and oxygen atoms in total. The van der Waals surface area contributed by atoms with Crippen LogP contribution in [-0.4, -0.2) is 18.3 Å². The highest BCUT2D eigenvalue weighted by Crippen LogP contribution is 2.42. The second-order valence-corrected chi connectivity index (χ2v) is 7.42. The molecule has 0 amide bonds. The molecular weight excluding hydrogens is 259 g/mol. The van der Waals surface area contributed by atoms with Crippen LogP contribution >= 0.6 is 0 Å². The van der Waals surface area contributed by atoms with Crippen molar-refractivity contribution in [3.8, 4) is 0 Å². The lowest BCUT2D eigenvalue weighted by molar-refractivity contribution is 0.00578. The second kappa shape index (κ2) is 5.00. The van der Waals surface area contributed by atoms with Crippen LogP contribution in [0.5, 0.6) is 0 Å². The second-order valence-electron chi connectivity index (χ2n) is 7.42. The lowest BCUT2D eigenvalue weighted by Crippen LogP contribution is -2.41. The Balaban J connectivity index is 1.70. The van der Waals surface area contributed by atoms with Gasteiger partial charge in [-0.25, -0.2) is 0 Å². The van der Waals surface area contributed by atoms with Gasteiger partial charge in [0.25, 0.3) is 0 Å². The summed E-state index contributed by atoms with van der Waals surface area (Å²) in [5, 5.41) is 0. The Bertz CT molecular complexity index is 511. The van der Waals surface area contributed by atoms with Crippen LogP contribution in [0.25, 0.3) is 0 Å². The monoisotopic (exact) mass is 284 g/mol. The maximum atomic E-state index is 6.09. The number of benzene rings is 1. The number of hydrogen-bond acceptors (Lipinski definition) is 2. The van der Waals surface area contributed by atoms with Crippen LogP contribution < -0.4 is 5.46 Å². The SMILES string of the molecule is C=CC1CC(c2ccc(B3OC(C)(C)C(C)(C)O3)cc2)C1. The summed E-state index contributed by atoms with van der Waals surface area (Å²) in [6, 6.07) is 8.76. The molecule has 21 heavy (non-hydrogen) atoms. The molecule has 3 rings (SSSR count). The van der Waals surface area contributed by atoms with Crippen molar-refractivity contribution in [1.29, 1.82) is 0 Å². The van der Waals surface area contributed by atoms with Crippen molar-refractivity contribution >= 4 is 12.6 Å². The van der Waals surface area contributed by atoms with E-state index in [9.17, 15) is 0 Å². The van der Waals surface area contributed by atoms with Gasteiger partial charge in [-0.1, -0.05) is 30.3 Å². The molecule has 0 N–H and O–H groups in total. The van der Waals surface area contributed by atoms with E-state index in [2.05, 4.69) is 64.6 Å². The predicted octanol–water partition coefficient (Wildman–Crippen LogP) is 3.67. The smallest absolute Gasteiger partial charge is 0.399 e. The molecule has 0 radical (unpaired) electrons. The molecule has 1 aliphatic carbocycles. The predicted molar refractivity (Wildman–Crippen MR) is 87.8 cm³/mol. The number of allylic oxidation sites excluding steroid dienone is 1. The first kappa shape index (κ1) is 14.9. The van der Waals surface area contributed by atoms with E-state index in [0.717, 1.165) is 5.46 Å². The van der Waals surface area contributed by atoms with Crippen LogP contribution in [0.2, 0.25) is 0 Å². The van der Waals surface area contributed by atoms with Crippen molar-refractivity contribution in [3.63, 3.8) is 0 Å². The summed E-state index contributed by atoms with van der Waals surface area (Å²) >= 11 is 0. The van der Waals surface area contributed by atoms with Gasteiger partial charge in [0.15, 0.2) is 0 Å². The Morgan fingerprint density at radius 3 is 2.05 bits per heavy atom. The molecular formula is C18H25BO2. The fourth-order valence-electron chi connectivity index (χ4n) is 3.03. The summed E-state index contributed by atoms with van der Waals surface area (Å²) < 4.78 is 12.2. The fourth-order valence-corrected chi connectivity index (χ4v) is 3.03. The average Bonchev–Trinajstić information content (AvgIpc) is 2.58. The summed E-state index contributed by atoms with van der Waals surface area (Å²) in [5.41, 5.74) is 1.98. The maximum Gasteiger partial charge on any atom is 0.494 e. The molecule has 0 atom stereocenters. The lowest BCUT2D eigenvalue weighted by Gasteiger charge is -2.33. The van der Waals surface area contributed by atoms with Crippen molar-refractivity contribution in [1.82, 2.24) is 0 Å². The third-order valence-electron chi connectivity index (χ3n) is 5.44. The largest absolute Gasteiger partial charge is 0.494 e. The molecule has 2 aliphatic rings. The Kier molecular flexibility index (Phi) is 3.54. The van der Waals surface area contributed by atoms with Gasteiger partial charge < -0.3 is 9.31 Å². The van der Waals surface area contributed by atoms with Gasteiger partial charge in [-0.05, 0) is 63.4 Å². The van der Waals surface area contributed by atoms with Gasteiger partial charge in [0.05, 0.1) is 11.2 Å². The van der Waals surface area contributed by atoms with Crippen molar-refractivity contribution in [2.75, 3.05) is 0 Å². The molecule has 2 fully saturated rings. The highest BCUT2D eigenvalue weighted by molar-refractivity contribution is 6.62. The van der Waals surface area contributed by atoms with Crippen molar-refractivity contribution < 1.29 is 9.31 Å². The standard InChI is InChI=1S/C18H25BO2/c1-6-13-11-15(12-13)14-7-9-16(10-8-14)19-20-17(2,3)18(4,5)21-19/h6-10,13,15H,1,11-12H2,2-5H3. The van der Waals surface area contributed by atoms with Crippen LogP contribution in [0.1, 0.15) is 52.0 Å². The zero-order chi connectivity index (χ0) is 15.3. The first-order valence-corrected chi connectivity index (χ1v) is 7.90. The minimum Gasteiger partial charge on any atom is -0.399 e. The summed E-state index contributed by atoms with van der Waals surface area (Å²) in [7, 11) is -0.258. The van der Waals surface area contributed by atoms with Crippen LogP contribution in [0, 0.1) is 5.92 Å². The third kappa shape index (κ3) is 2.58. The normalized spacial score (nSPS) is 30.0. The molecule has 0 spiro atoms. The van der Waals surface area contributed by atoms with E-state index in [1.165, 1.54) is 18.4 Å². The van der Waals surface area contributed by atoms with E-state index in [-0.39, 0.29) is 18.3 Å². The molecule has 0 bridgehead atoms. The van der Waals surface area contributed by atoms with Crippen LogP contribution in [-0.2, 0) is 9.31 Å². The van der Waals surface area contributed by atoms with Gasteiger partial charge in [0, 0.05) is 0 Å². The highest BCUT2D eigenvalue weighted by Gasteiger charge is 2.51. The summed E-state index contributed by atoms with van der Waals surface area (Å²) in [6.45, 7) is 12.2. The Labute approximate surface area is 128 Å². The molecule has 3 heteroatoms. The van der Waals surface area contributed by atoms with Crippen LogP contribution in [0.4, 0.5) is 0 Å². The Hall–Kier alpha value is -1.06. The Morgan fingerprint density at radius 2 is 1.57 bits per heavy atom. The quantitative estimate of drug-likeness (QED) is 0.623. The van der Waals surface area contributed by atoms with Crippen LogP contribution in [0.15, 0.2) is 36.9 Å². The molecule has 1 heterocycles. The zero-order valence-electron chi connectivity index (χ0n) is 13.6. The minimum atomic E-state index is -0.276. The maximum absolute atomic E-state index is 6.09. The first-order valence-electron chi connectivity index (χ1n) is 7.90. The molecule has 1 saturated heterocycles. The third-order valence-corrected chi connectivity index (χ3v) is 5.44. The van der Waals surface area contributed by atoms with Gasteiger partial charge in [-0.15, -0.1) is 6.58 Å². The molecule has 1 aromatic carbocycles. The van der Waals surface area contributed by atoms with Gasteiger partial charge in [0.1, 0.15) is 0 Å². The van der Waals surface area contributed by atoms with E-state index < -0.39 is 0 Å². The molecule has 0 unspecified atom stereocenters.